The Balaban J connectivity index is 3.04. The summed E-state index contributed by atoms with van der Waals surface area (Å²) in [5.74, 6) is -0.0258. The molecule has 0 bridgehead atoms. The van der Waals surface area contributed by atoms with Gasteiger partial charge in [0.1, 0.15) is 0 Å². The number of nitrogens with zero attached hydrogens (tertiary/aromatic N) is 3. The predicted molar refractivity (Wildman–Crippen MR) is 54.5 cm³/mol. The smallest absolute Gasteiger partial charge is 0.280 e. The van der Waals surface area contributed by atoms with Crippen LogP contribution in [0.4, 0.5) is 5.95 Å². The Kier molecular flexibility index (Phi) is 2.00. The van der Waals surface area contributed by atoms with E-state index in [0.29, 0.717) is 6.54 Å². The van der Waals surface area contributed by atoms with Gasteiger partial charge in [-0.15, -0.1) is 0 Å². The highest BCUT2D eigenvalue weighted by Gasteiger charge is 2.08. The summed E-state index contributed by atoms with van der Waals surface area (Å²) in [4.78, 5) is 32.8. The van der Waals surface area contributed by atoms with Crippen molar-refractivity contribution in [2.45, 2.75) is 13.5 Å². The molecule has 2 aromatic heterocycles. The lowest BCUT2D eigenvalue weighted by atomic mass is 10.4. The van der Waals surface area contributed by atoms with Gasteiger partial charge in [0.05, 0.1) is 6.20 Å². The van der Waals surface area contributed by atoms with E-state index >= 15 is 0 Å². The van der Waals surface area contributed by atoms with Crippen molar-refractivity contribution in [2.75, 3.05) is 5.73 Å². The van der Waals surface area contributed by atoms with Gasteiger partial charge in [0.15, 0.2) is 11.2 Å². The molecule has 0 spiro atoms. The summed E-state index contributed by atoms with van der Waals surface area (Å²) in [6, 6.07) is 0. The molecular formula is C8H9N5O2. The lowest BCUT2D eigenvalue weighted by molar-refractivity contribution is 0.741. The fraction of sp³-hybridized carbons (Fsp3) is 0.250. The number of rotatable bonds is 1. The van der Waals surface area contributed by atoms with Crippen LogP contribution < -0.4 is 16.9 Å². The number of nitrogens with two attached hydrogens (primary N) is 1. The van der Waals surface area contributed by atoms with Crippen LogP contribution in [-0.4, -0.2) is 19.5 Å². The molecule has 7 nitrogen and oxygen atoms in total. The van der Waals surface area contributed by atoms with Gasteiger partial charge in [0.2, 0.25) is 5.95 Å². The molecular weight excluding hydrogens is 198 g/mol. The average molecular weight is 207 g/mol. The number of aromatic nitrogens is 4. The molecule has 0 fully saturated rings. The second-order valence-corrected chi connectivity index (χ2v) is 2.96. The van der Waals surface area contributed by atoms with Crippen LogP contribution in [0.1, 0.15) is 6.92 Å². The average Bonchev–Trinajstić information content (AvgIpc) is 2.17. The molecule has 0 unspecified atom stereocenters. The number of hydrogen-bond acceptors (Lipinski definition) is 5. The monoisotopic (exact) mass is 207 g/mol. The summed E-state index contributed by atoms with van der Waals surface area (Å²) >= 11 is 0. The summed E-state index contributed by atoms with van der Waals surface area (Å²) in [6.45, 7) is 2.19. The molecule has 0 aliphatic heterocycles. The number of H-pyrrole nitrogens is 1. The lowest BCUT2D eigenvalue weighted by Crippen LogP contribution is -2.24. The van der Waals surface area contributed by atoms with Gasteiger partial charge in [-0.2, -0.15) is 4.98 Å². The minimum Gasteiger partial charge on any atom is -0.369 e. The maximum Gasteiger partial charge on any atom is 0.280 e. The molecule has 7 heteroatoms. The summed E-state index contributed by atoms with van der Waals surface area (Å²) in [5.41, 5.74) is 4.97. The van der Waals surface area contributed by atoms with Crippen LogP contribution in [0.25, 0.3) is 11.2 Å². The number of fused-ring (bicyclic) bond motifs is 1. The molecule has 0 radical (unpaired) electrons. The number of aromatic amines is 1. The first-order chi connectivity index (χ1) is 7.13. The molecule has 0 saturated heterocycles. The van der Waals surface area contributed by atoms with Crippen LogP contribution in [-0.2, 0) is 6.54 Å². The third-order valence-electron chi connectivity index (χ3n) is 2.04. The van der Waals surface area contributed by atoms with E-state index in [0.717, 1.165) is 6.20 Å². The minimum atomic E-state index is -0.445. The highest BCUT2D eigenvalue weighted by molar-refractivity contribution is 5.69. The van der Waals surface area contributed by atoms with Gasteiger partial charge in [-0.1, -0.05) is 0 Å². The minimum absolute atomic E-state index is 0.0258. The van der Waals surface area contributed by atoms with E-state index in [4.69, 9.17) is 5.73 Å². The molecule has 0 aromatic carbocycles. The van der Waals surface area contributed by atoms with Gasteiger partial charge >= 0.3 is 0 Å². The summed E-state index contributed by atoms with van der Waals surface area (Å²) in [7, 11) is 0. The largest absolute Gasteiger partial charge is 0.369 e. The maximum atomic E-state index is 11.4. The summed E-state index contributed by atoms with van der Waals surface area (Å²) in [5, 5.41) is 0. The van der Waals surface area contributed by atoms with Crippen molar-refractivity contribution < 1.29 is 0 Å². The second kappa shape index (κ2) is 3.19. The van der Waals surface area contributed by atoms with Crippen molar-refractivity contribution in [2.24, 2.45) is 0 Å². The van der Waals surface area contributed by atoms with Crippen molar-refractivity contribution in [3.8, 4) is 0 Å². The molecule has 0 saturated carbocycles. The van der Waals surface area contributed by atoms with Crippen LogP contribution in [0, 0.1) is 0 Å². The first kappa shape index (κ1) is 9.38. The number of aryl methyl sites for hydroxylation is 1. The van der Waals surface area contributed by atoms with Crippen molar-refractivity contribution in [1.82, 2.24) is 19.5 Å². The lowest BCUT2D eigenvalue weighted by Gasteiger charge is -2.04. The Hall–Kier alpha value is -2.18. The van der Waals surface area contributed by atoms with Gasteiger partial charge in [0, 0.05) is 6.54 Å². The van der Waals surface area contributed by atoms with E-state index in [2.05, 4.69) is 15.0 Å². The second-order valence-electron chi connectivity index (χ2n) is 2.96. The number of nitrogens with one attached hydrogen (secondary N) is 1. The Morgan fingerprint density at radius 2 is 2.27 bits per heavy atom. The highest BCUT2D eigenvalue weighted by Crippen LogP contribution is 2.01. The van der Waals surface area contributed by atoms with E-state index in [-0.39, 0.29) is 22.7 Å². The van der Waals surface area contributed by atoms with E-state index in [1.807, 2.05) is 0 Å². The van der Waals surface area contributed by atoms with Crippen LogP contribution in [0.3, 0.4) is 0 Å². The van der Waals surface area contributed by atoms with Crippen LogP contribution in [0.15, 0.2) is 15.8 Å². The molecule has 0 atom stereocenters. The van der Waals surface area contributed by atoms with E-state index < -0.39 is 5.56 Å². The molecule has 2 heterocycles. The molecule has 0 aliphatic carbocycles. The number of anilines is 1. The topological polar surface area (TPSA) is 107 Å². The Labute approximate surface area is 83.6 Å². The van der Waals surface area contributed by atoms with Crippen molar-refractivity contribution in [3.05, 3.63) is 26.9 Å². The van der Waals surface area contributed by atoms with Gasteiger partial charge in [0.25, 0.3) is 11.1 Å². The SMILES string of the molecule is CCn1c(=O)cnc2c(=O)[nH]c(N)nc21. The normalized spacial score (nSPS) is 10.7. The Morgan fingerprint density at radius 1 is 1.53 bits per heavy atom. The molecule has 2 aromatic rings. The standard InChI is InChI=1S/C8H9N5O2/c1-2-13-4(14)3-10-5-6(13)11-8(9)12-7(5)15/h3H,2H2,1H3,(H3,9,11,12,15). The van der Waals surface area contributed by atoms with Crippen LogP contribution >= 0.6 is 0 Å². The summed E-state index contributed by atoms with van der Waals surface area (Å²) in [6.07, 6.45) is 1.10. The third kappa shape index (κ3) is 1.37. The summed E-state index contributed by atoms with van der Waals surface area (Å²) < 4.78 is 1.34. The van der Waals surface area contributed by atoms with Crippen molar-refractivity contribution in [1.29, 1.82) is 0 Å². The van der Waals surface area contributed by atoms with Crippen LogP contribution in [0.5, 0.6) is 0 Å². The molecule has 2 rings (SSSR count). The Bertz CT molecular complexity index is 627. The third-order valence-corrected chi connectivity index (χ3v) is 2.04. The first-order valence-corrected chi connectivity index (χ1v) is 4.39. The van der Waals surface area contributed by atoms with Crippen molar-refractivity contribution >= 4 is 17.1 Å². The predicted octanol–water partition coefficient (Wildman–Crippen LogP) is -0.918. The molecule has 78 valence electrons. The van der Waals surface area contributed by atoms with Gasteiger partial charge in [-0.25, -0.2) is 4.98 Å². The van der Waals surface area contributed by atoms with Gasteiger partial charge in [-0.3, -0.25) is 19.1 Å². The first-order valence-electron chi connectivity index (χ1n) is 4.39. The van der Waals surface area contributed by atoms with Crippen molar-refractivity contribution in [3.63, 3.8) is 0 Å². The number of nitrogen functional groups attached to an aromatic ring is 1. The van der Waals surface area contributed by atoms with E-state index in [1.54, 1.807) is 6.92 Å². The molecule has 3 N–H and O–H groups in total. The van der Waals surface area contributed by atoms with E-state index in [1.165, 1.54) is 4.57 Å². The fourth-order valence-corrected chi connectivity index (χ4v) is 1.38. The zero-order chi connectivity index (χ0) is 11.0. The maximum absolute atomic E-state index is 11.4. The van der Waals surface area contributed by atoms with Crippen LogP contribution in [0.2, 0.25) is 0 Å². The van der Waals surface area contributed by atoms with Gasteiger partial charge < -0.3 is 5.73 Å². The van der Waals surface area contributed by atoms with E-state index in [9.17, 15) is 9.59 Å². The quantitative estimate of drug-likeness (QED) is 0.629. The molecule has 0 amide bonds. The van der Waals surface area contributed by atoms with Gasteiger partial charge in [-0.05, 0) is 6.92 Å². The Morgan fingerprint density at radius 3 is 2.93 bits per heavy atom. The number of hydrogen-bond donors (Lipinski definition) is 2. The highest BCUT2D eigenvalue weighted by atomic mass is 16.1. The zero-order valence-corrected chi connectivity index (χ0v) is 8.02. The molecule has 15 heavy (non-hydrogen) atoms. The molecule has 0 aliphatic rings. The fourth-order valence-electron chi connectivity index (χ4n) is 1.38. The zero-order valence-electron chi connectivity index (χ0n) is 8.02.